The summed E-state index contributed by atoms with van der Waals surface area (Å²) in [6.45, 7) is 2.58. The number of hydrogen-bond acceptors (Lipinski definition) is 3. The molecule has 0 aliphatic heterocycles. The van der Waals surface area contributed by atoms with E-state index in [0.29, 0.717) is 6.61 Å². The molecule has 0 unspecified atom stereocenters. The van der Waals surface area contributed by atoms with Crippen LogP contribution in [0, 0.1) is 0 Å². The Bertz CT molecular complexity index is 704. The topological polar surface area (TPSA) is 35.2 Å². The monoisotopic (exact) mass is 283 g/mol. The van der Waals surface area contributed by atoms with E-state index in [2.05, 4.69) is 35.7 Å². The highest BCUT2D eigenvalue weighted by Gasteiger charge is 2.12. The predicted octanol–water partition coefficient (Wildman–Crippen LogP) is 4.50. The predicted molar refractivity (Wildman–Crippen MR) is 85.2 cm³/mol. The Morgan fingerprint density at radius 2 is 1.95 bits per heavy atom. The first-order chi connectivity index (χ1) is 9.75. The van der Waals surface area contributed by atoms with Gasteiger partial charge in [0.15, 0.2) is 0 Å². The summed E-state index contributed by atoms with van der Waals surface area (Å²) < 4.78 is 6.09. The zero-order valence-electron chi connectivity index (χ0n) is 11.4. The summed E-state index contributed by atoms with van der Waals surface area (Å²) in [5.41, 5.74) is 7.13. The van der Waals surface area contributed by atoms with Crippen LogP contribution < -0.4 is 10.5 Å². The summed E-state index contributed by atoms with van der Waals surface area (Å²) in [5.74, 6) is 0.909. The minimum atomic E-state index is -0.0436. The molecule has 0 fully saturated rings. The summed E-state index contributed by atoms with van der Waals surface area (Å²) in [6.07, 6.45) is 0. The molecule has 0 radical (unpaired) electrons. The first kappa shape index (κ1) is 13.2. The van der Waals surface area contributed by atoms with Crippen molar-refractivity contribution in [3.05, 3.63) is 64.4 Å². The molecule has 0 aliphatic rings. The van der Waals surface area contributed by atoms with Gasteiger partial charge in [0.25, 0.3) is 0 Å². The van der Waals surface area contributed by atoms with E-state index >= 15 is 0 Å². The molecule has 2 nitrogen and oxygen atoms in total. The van der Waals surface area contributed by atoms with Crippen molar-refractivity contribution < 1.29 is 4.74 Å². The third kappa shape index (κ3) is 2.55. The van der Waals surface area contributed by atoms with E-state index in [-0.39, 0.29) is 6.04 Å². The van der Waals surface area contributed by atoms with Crippen molar-refractivity contribution >= 4 is 22.1 Å². The number of rotatable bonds is 4. The number of fused-ring (bicyclic) bond motifs is 1. The summed E-state index contributed by atoms with van der Waals surface area (Å²) in [4.78, 5) is 1.22. The highest BCUT2D eigenvalue weighted by molar-refractivity contribution is 7.09. The van der Waals surface area contributed by atoms with E-state index in [0.717, 1.165) is 16.7 Å². The van der Waals surface area contributed by atoms with Gasteiger partial charge in [-0.25, -0.2) is 0 Å². The average molecular weight is 283 g/mol. The van der Waals surface area contributed by atoms with Crippen molar-refractivity contribution in [3.8, 4) is 5.75 Å². The first-order valence-corrected chi connectivity index (χ1v) is 7.56. The Morgan fingerprint density at radius 3 is 2.70 bits per heavy atom. The van der Waals surface area contributed by atoms with Gasteiger partial charge in [0.1, 0.15) is 12.4 Å². The maximum absolute atomic E-state index is 6.09. The molecule has 1 atom stereocenters. The minimum Gasteiger partial charge on any atom is -0.487 e. The summed E-state index contributed by atoms with van der Waals surface area (Å²) in [7, 11) is 0. The van der Waals surface area contributed by atoms with Crippen LogP contribution in [-0.2, 0) is 6.61 Å². The SMILES string of the molecule is C[C@H](N)c1ccc2ccccc2c1OCc1cccs1. The lowest BCUT2D eigenvalue weighted by Crippen LogP contribution is -2.08. The van der Waals surface area contributed by atoms with E-state index in [1.807, 2.05) is 25.1 Å². The smallest absolute Gasteiger partial charge is 0.132 e. The van der Waals surface area contributed by atoms with Crippen molar-refractivity contribution in [2.75, 3.05) is 0 Å². The lowest BCUT2D eigenvalue weighted by Gasteiger charge is -2.16. The molecule has 2 N–H and O–H groups in total. The second kappa shape index (κ2) is 5.65. The molecule has 1 aromatic heterocycles. The summed E-state index contributed by atoms with van der Waals surface area (Å²) in [6, 6.07) is 16.5. The van der Waals surface area contributed by atoms with Crippen LogP contribution in [0.4, 0.5) is 0 Å². The molecule has 3 heteroatoms. The highest BCUT2D eigenvalue weighted by Crippen LogP contribution is 2.33. The summed E-state index contributed by atoms with van der Waals surface area (Å²) >= 11 is 1.71. The maximum atomic E-state index is 6.09. The zero-order valence-corrected chi connectivity index (χ0v) is 12.2. The molecule has 3 aromatic rings. The number of thiophene rings is 1. The van der Waals surface area contributed by atoms with Gasteiger partial charge in [-0.05, 0) is 23.8 Å². The number of ether oxygens (including phenoxy) is 1. The molecule has 2 aromatic carbocycles. The highest BCUT2D eigenvalue weighted by atomic mass is 32.1. The molecule has 20 heavy (non-hydrogen) atoms. The molecule has 3 rings (SSSR count). The molecule has 0 saturated heterocycles. The van der Waals surface area contributed by atoms with Crippen LogP contribution in [0.1, 0.15) is 23.4 Å². The Kier molecular flexibility index (Phi) is 3.72. The van der Waals surface area contributed by atoms with E-state index in [9.17, 15) is 0 Å². The number of hydrogen-bond donors (Lipinski definition) is 1. The number of nitrogens with two attached hydrogens (primary N) is 1. The molecule has 0 amide bonds. The van der Waals surface area contributed by atoms with Crippen molar-refractivity contribution in [1.29, 1.82) is 0 Å². The fourth-order valence-corrected chi connectivity index (χ4v) is 2.93. The number of benzene rings is 2. The lowest BCUT2D eigenvalue weighted by atomic mass is 10.0. The van der Waals surface area contributed by atoms with Gasteiger partial charge in [0, 0.05) is 21.9 Å². The second-order valence-corrected chi connectivity index (χ2v) is 5.89. The van der Waals surface area contributed by atoms with E-state index in [1.165, 1.54) is 10.3 Å². The Hall–Kier alpha value is -1.84. The normalized spacial score (nSPS) is 12.5. The fourth-order valence-electron chi connectivity index (χ4n) is 2.32. The standard InChI is InChI=1S/C17H17NOS/c1-12(18)15-9-8-13-5-2-3-7-16(13)17(15)19-11-14-6-4-10-20-14/h2-10,12H,11,18H2,1H3/t12-/m0/s1. The first-order valence-electron chi connectivity index (χ1n) is 6.68. The molecule has 0 spiro atoms. The van der Waals surface area contributed by atoms with E-state index in [1.54, 1.807) is 11.3 Å². The van der Waals surface area contributed by atoms with Crippen LogP contribution in [-0.4, -0.2) is 0 Å². The molecule has 0 bridgehead atoms. The fraction of sp³-hybridized carbons (Fsp3) is 0.176. The molecule has 0 aliphatic carbocycles. The maximum Gasteiger partial charge on any atom is 0.132 e. The average Bonchev–Trinajstić information content (AvgIpc) is 2.97. The van der Waals surface area contributed by atoms with Crippen LogP contribution in [0.5, 0.6) is 5.75 Å². The summed E-state index contributed by atoms with van der Waals surface area (Å²) in [5, 5.41) is 4.37. The van der Waals surface area contributed by atoms with Gasteiger partial charge in [0.05, 0.1) is 0 Å². The van der Waals surface area contributed by atoms with Crippen LogP contribution >= 0.6 is 11.3 Å². The molecule has 102 valence electrons. The molecule has 0 saturated carbocycles. The Labute approximate surface area is 122 Å². The van der Waals surface area contributed by atoms with E-state index < -0.39 is 0 Å². The Morgan fingerprint density at radius 1 is 1.10 bits per heavy atom. The van der Waals surface area contributed by atoms with Crippen LogP contribution in [0.25, 0.3) is 10.8 Å². The van der Waals surface area contributed by atoms with Crippen molar-refractivity contribution in [2.24, 2.45) is 5.73 Å². The van der Waals surface area contributed by atoms with Gasteiger partial charge in [-0.1, -0.05) is 42.5 Å². The Balaban J connectivity index is 2.03. The molecule has 1 heterocycles. The van der Waals surface area contributed by atoms with Gasteiger partial charge < -0.3 is 10.5 Å². The second-order valence-electron chi connectivity index (χ2n) is 4.86. The van der Waals surface area contributed by atoms with Crippen molar-refractivity contribution in [3.63, 3.8) is 0 Å². The molecular weight excluding hydrogens is 266 g/mol. The van der Waals surface area contributed by atoms with Crippen molar-refractivity contribution in [2.45, 2.75) is 19.6 Å². The zero-order chi connectivity index (χ0) is 13.9. The largest absolute Gasteiger partial charge is 0.487 e. The quantitative estimate of drug-likeness (QED) is 0.765. The molecular formula is C17H17NOS. The third-order valence-corrected chi connectivity index (χ3v) is 4.19. The van der Waals surface area contributed by atoms with Crippen LogP contribution in [0.15, 0.2) is 53.9 Å². The van der Waals surface area contributed by atoms with Gasteiger partial charge in [-0.2, -0.15) is 0 Å². The van der Waals surface area contributed by atoms with Gasteiger partial charge >= 0.3 is 0 Å². The minimum absolute atomic E-state index is 0.0436. The van der Waals surface area contributed by atoms with Gasteiger partial charge in [-0.15, -0.1) is 11.3 Å². The van der Waals surface area contributed by atoms with Gasteiger partial charge in [-0.3, -0.25) is 0 Å². The van der Waals surface area contributed by atoms with Crippen molar-refractivity contribution in [1.82, 2.24) is 0 Å². The van der Waals surface area contributed by atoms with E-state index in [4.69, 9.17) is 10.5 Å². The third-order valence-electron chi connectivity index (χ3n) is 3.34. The van der Waals surface area contributed by atoms with Crippen LogP contribution in [0.2, 0.25) is 0 Å². The lowest BCUT2D eigenvalue weighted by molar-refractivity contribution is 0.309. The van der Waals surface area contributed by atoms with Crippen LogP contribution in [0.3, 0.4) is 0 Å². The van der Waals surface area contributed by atoms with Gasteiger partial charge in [0.2, 0.25) is 0 Å².